The molecule has 2 amide bonds. The van der Waals surface area contributed by atoms with Gasteiger partial charge in [0.1, 0.15) is 0 Å². The molecule has 3 aromatic rings. The fourth-order valence-electron chi connectivity index (χ4n) is 2.96. The molecule has 0 aliphatic heterocycles. The molecule has 0 radical (unpaired) electrons. The Kier molecular flexibility index (Phi) is 6.17. The molecule has 8 heteroatoms. The van der Waals surface area contributed by atoms with Crippen molar-refractivity contribution in [2.75, 3.05) is 5.32 Å². The van der Waals surface area contributed by atoms with E-state index in [0.29, 0.717) is 17.0 Å². The van der Waals surface area contributed by atoms with Gasteiger partial charge >= 0.3 is 0 Å². The molecule has 30 heavy (non-hydrogen) atoms. The Morgan fingerprint density at radius 2 is 1.80 bits per heavy atom. The summed E-state index contributed by atoms with van der Waals surface area (Å²) in [5.41, 5.74) is 3.85. The van der Waals surface area contributed by atoms with E-state index >= 15 is 0 Å². The number of rotatable bonds is 6. The summed E-state index contributed by atoms with van der Waals surface area (Å²) in [7, 11) is 0. The number of nitro benzene ring substituents is 1. The van der Waals surface area contributed by atoms with Gasteiger partial charge in [0.15, 0.2) is 0 Å². The van der Waals surface area contributed by atoms with Gasteiger partial charge in [-0.1, -0.05) is 42.5 Å². The average molecular weight is 404 g/mol. The zero-order valence-corrected chi connectivity index (χ0v) is 16.5. The Hall–Kier alpha value is -4.07. The molecule has 3 rings (SSSR count). The highest BCUT2D eigenvalue weighted by Gasteiger charge is 2.15. The zero-order valence-electron chi connectivity index (χ0n) is 16.5. The molecule has 2 N–H and O–H groups in total. The SMILES string of the molecule is C/C(CC(=O)Nc1cccc2ccccc12)=N/NC(=O)c1ccc(C)c([N+](=O)[O-])c1. The molecule has 0 aliphatic rings. The minimum Gasteiger partial charge on any atom is -0.325 e. The molecule has 0 saturated carbocycles. The maximum Gasteiger partial charge on any atom is 0.273 e. The molecule has 0 spiro atoms. The van der Waals surface area contributed by atoms with Crippen molar-refractivity contribution < 1.29 is 14.5 Å². The van der Waals surface area contributed by atoms with E-state index in [0.717, 1.165) is 10.8 Å². The van der Waals surface area contributed by atoms with E-state index in [2.05, 4.69) is 15.8 Å². The maximum atomic E-state index is 12.4. The van der Waals surface area contributed by atoms with Crippen molar-refractivity contribution in [3.05, 3.63) is 81.9 Å². The van der Waals surface area contributed by atoms with Crippen molar-refractivity contribution in [2.24, 2.45) is 5.10 Å². The zero-order chi connectivity index (χ0) is 21.7. The van der Waals surface area contributed by atoms with Crippen molar-refractivity contribution in [3.63, 3.8) is 0 Å². The summed E-state index contributed by atoms with van der Waals surface area (Å²) in [6.07, 6.45) is -0.0163. The van der Waals surface area contributed by atoms with Crippen LogP contribution in [0.3, 0.4) is 0 Å². The number of hydrogen-bond donors (Lipinski definition) is 2. The highest BCUT2D eigenvalue weighted by molar-refractivity contribution is 6.09. The fraction of sp³-hybridized carbons (Fsp3) is 0.136. The first-order chi connectivity index (χ1) is 14.3. The molecule has 0 bridgehead atoms. The third-order valence-electron chi connectivity index (χ3n) is 4.50. The van der Waals surface area contributed by atoms with Gasteiger partial charge in [0, 0.05) is 34.0 Å². The van der Waals surface area contributed by atoms with Crippen LogP contribution in [0, 0.1) is 17.0 Å². The fourth-order valence-corrected chi connectivity index (χ4v) is 2.96. The Balaban J connectivity index is 1.63. The number of carbonyl (C=O) groups is 2. The molecule has 0 heterocycles. The van der Waals surface area contributed by atoms with Crippen LogP contribution in [-0.2, 0) is 4.79 Å². The second kappa shape index (κ2) is 8.95. The van der Waals surface area contributed by atoms with Crippen LogP contribution in [0.5, 0.6) is 0 Å². The number of anilines is 1. The molecule has 152 valence electrons. The highest BCUT2D eigenvalue weighted by Crippen LogP contribution is 2.23. The van der Waals surface area contributed by atoms with Gasteiger partial charge in [-0.05, 0) is 31.4 Å². The Labute approximate surface area is 172 Å². The van der Waals surface area contributed by atoms with Crippen LogP contribution in [0.1, 0.15) is 29.3 Å². The first kappa shape index (κ1) is 20.7. The van der Waals surface area contributed by atoms with E-state index in [-0.39, 0.29) is 23.6 Å². The normalized spacial score (nSPS) is 11.2. The summed E-state index contributed by atoms with van der Waals surface area (Å²) in [6.45, 7) is 3.21. The van der Waals surface area contributed by atoms with Gasteiger partial charge in [0.2, 0.25) is 5.91 Å². The topological polar surface area (TPSA) is 114 Å². The number of hydrazone groups is 1. The molecule has 0 fully saturated rings. The van der Waals surface area contributed by atoms with E-state index in [4.69, 9.17) is 0 Å². The van der Waals surface area contributed by atoms with E-state index in [1.807, 2.05) is 42.5 Å². The Morgan fingerprint density at radius 1 is 1.07 bits per heavy atom. The van der Waals surface area contributed by atoms with Crippen molar-refractivity contribution in [3.8, 4) is 0 Å². The molecular formula is C22H20N4O4. The summed E-state index contributed by atoms with van der Waals surface area (Å²) in [5, 5.41) is 19.7. The number of fused-ring (bicyclic) bond motifs is 1. The minimum absolute atomic E-state index is 0.0163. The van der Waals surface area contributed by atoms with Crippen LogP contribution < -0.4 is 10.7 Å². The molecule has 0 saturated heterocycles. The van der Waals surface area contributed by atoms with Gasteiger partial charge in [0.05, 0.1) is 11.3 Å². The van der Waals surface area contributed by atoms with Crippen LogP contribution in [0.15, 0.2) is 65.8 Å². The van der Waals surface area contributed by atoms with Gasteiger partial charge in [-0.2, -0.15) is 5.10 Å². The van der Waals surface area contributed by atoms with E-state index in [1.54, 1.807) is 13.8 Å². The number of carbonyl (C=O) groups excluding carboxylic acids is 2. The lowest BCUT2D eigenvalue weighted by atomic mass is 10.1. The monoisotopic (exact) mass is 404 g/mol. The minimum atomic E-state index is -0.591. The van der Waals surface area contributed by atoms with Crippen molar-refractivity contribution in [2.45, 2.75) is 20.3 Å². The molecule has 8 nitrogen and oxygen atoms in total. The summed E-state index contributed by atoms with van der Waals surface area (Å²) >= 11 is 0. The lowest BCUT2D eigenvalue weighted by Crippen LogP contribution is -2.21. The van der Waals surface area contributed by atoms with Gasteiger partial charge in [-0.15, -0.1) is 0 Å². The van der Waals surface area contributed by atoms with Crippen LogP contribution in [0.4, 0.5) is 11.4 Å². The van der Waals surface area contributed by atoms with Gasteiger partial charge in [-0.3, -0.25) is 19.7 Å². The van der Waals surface area contributed by atoms with Gasteiger partial charge < -0.3 is 5.32 Å². The molecular weight excluding hydrogens is 384 g/mol. The standard InChI is InChI=1S/C22H20N4O4/c1-14-10-11-17(13-20(14)26(29)30)22(28)25-24-15(2)12-21(27)23-19-9-5-7-16-6-3-4-8-18(16)19/h3-11,13H,12H2,1-2H3,(H,23,27)(H,25,28)/b24-15-. The predicted molar refractivity (Wildman–Crippen MR) is 116 cm³/mol. The highest BCUT2D eigenvalue weighted by atomic mass is 16.6. The van der Waals surface area contributed by atoms with Crippen LogP contribution >= 0.6 is 0 Å². The van der Waals surface area contributed by atoms with Crippen LogP contribution in [-0.4, -0.2) is 22.4 Å². The summed E-state index contributed by atoms with van der Waals surface area (Å²) in [4.78, 5) is 35.1. The molecule has 0 unspecified atom stereocenters. The number of hydrogen-bond acceptors (Lipinski definition) is 5. The van der Waals surface area contributed by atoms with Crippen LogP contribution in [0.2, 0.25) is 0 Å². The summed E-state index contributed by atoms with van der Waals surface area (Å²) in [5.74, 6) is -0.861. The van der Waals surface area contributed by atoms with Crippen molar-refractivity contribution >= 4 is 39.7 Å². The first-order valence-electron chi connectivity index (χ1n) is 9.21. The quantitative estimate of drug-likeness (QED) is 0.364. The third-order valence-corrected chi connectivity index (χ3v) is 4.50. The number of nitrogens with one attached hydrogen (secondary N) is 2. The molecule has 0 atom stereocenters. The maximum absolute atomic E-state index is 12.4. The third kappa shape index (κ3) is 4.85. The number of aryl methyl sites for hydroxylation is 1. The number of benzene rings is 3. The Morgan fingerprint density at radius 3 is 2.57 bits per heavy atom. The van der Waals surface area contributed by atoms with Crippen molar-refractivity contribution in [1.82, 2.24) is 5.43 Å². The van der Waals surface area contributed by atoms with Gasteiger partial charge in [-0.25, -0.2) is 5.43 Å². The molecule has 3 aromatic carbocycles. The van der Waals surface area contributed by atoms with Gasteiger partial charge in [0.25, 0.3) is 11.6 Å². The lowest BCUT2D eigenvalue weighted by molar-refractivity contribution is -0.385. The lowest BCUT2D eigenvalue weighted by Gasteiger charge is -2.09. The number of amides is 2. The Bertz CT molecular complexity index is 1170. The first-order valence-corrected chi connectivity index (χ1v) is 9.21. The smallest absolute Gasteiger partial charge is 0.273 e. The second-order valence-corrected chi connectivity index (χ2v) is 6.80. The second-order valence-electron chi connectivity index (χ2n) is 6.80. The summed E-state index contributed by atoms with van der Waals surface area (Å²) < 4.78 is 0. The predicted octanol–water partition coefficient (Wildman–Crippen LogP) is 4.19. The van der Waals surface area contributed by atoms with E-state index < -0.39 is 10.8 Å². The largest absolute Gasteiger partial charge is 0.325 e. The summed E-state index contributed by atoms with van der Waals surface area (Å²) in [6, 6.07) is 17.5. The average Bonchev–Trinajstić information content (AvgIpc) is 2.72. The number of nitrogens with zero attached hydrogens (tertiary/aromatic N) is 2. The number of nitro groups is 1. The van der Waals surface area contributed by atoms with Crippen molar-refractivity contribution in [1.29, 1.82) is 0 Å². The molecule has 0 aromatic heterocycles. The molecule has 0 aliphatic carbocycles. The van der Waals surface area contributed by atoms with E-state index in [1.165, 1.54) is 18.2 Å². The van der Waals surface area contributed by atoms with Crippen LogP contribution in [0.25, 0.3) is 10.8 Å². The van der Waals surface area contributed by atoms with E-state index in [9.17, 15) is 19.7 Å².